The fourth-order valence-electron chi connectivity index (χ4n) is 2.67. The molecule has 1 amide bonds. The number of piperidine rings is 1. The predicted octanol–water partition coefficient (Wildman–Crippen LogP) is 0.251. The van der Waals surface area contributed by atoms with E-state index in [2.05, 4.69) is 14.9 Å². The van der Waals surface area contributed by atoms with E-state index in [4.69, 9.17) is 9.26 Å². The number of sulfonamides is 1. The van der Waals surface area contributed by atoms with Crippen molar-refractivity contribution in [2.45, 2.75) is 38.1 Å². The SMILES string of the molecule is COCCc1noc(C2CCCCN2C(=O)CCNS(C)(=O)=O)n1. The van der Waals surface area contributed by atoms with E-state index >= 15 is 0 Å². The van der Waals surface area contributed by atoms with E-state index in [9.17, 15) is 13.2 Å². The second-order valence-corrected chi connectivity index (χ2v) is 7.64. The highest BCUT2D eigenvalue weighted by Gasteiger charge is 2.31. The Bertz CT molecular complexity index is 645. The standard InChI is InChI=1S/C14H24N4O5S/c1-22-10-7-12-16-14(23-17-12)11-5-3-4-9-18(11)13(19)6-8-15-24(2,20)21/h11,15H,3-10H2,1-2H3. The molecule has 9 nitrogen and oxygen atoms in total. The second kappa shape index (κ2) is 8.54. The molecule has 1 atom stereocenters. The molecule has 1 N–H and O–H groups in total. The van der Waals surface area contributed by atoms with Crippen molar-refractivity contribution in [3.63, 3.8) is 0 Å². The Kier molecular flexibility index (Phi) is 6.69. The number of carbonyl (C=O) groups is 1. The van der Waals surface area contributed by atoms with Crippen LogP contribution in [0.25, 0.3) is 0 Å². The Hall–Kier alpha value is -1.52. The molecule has 1 aromatic rings. The molecule has 2 rings (SSSR count). The van der Waals surface area contributed by atoms with E-state index in [1.165, 1.54) is 0 Å². The minimum atomic E-state index is -3.30. The van der Waals surface area contributed by atoms with Gasteiger partial charge < -0.3 is 14.2 Å². The van der Waals surface area contributed by atoms with Crippen LogP contribution in [0.2, 0.25) is 0 Å². The maximum Gasteiger partial charge on any atom is 0.249 e. The van der Waals surface area contributed by atoms with Crippen LogP contribution in [0.3, 0.4) is 0 Å². The fourth-order valence-corrected chi connectivity index (χ4v) is 3.14. The van der Waals surface area contributed by atoms with Crippen LogP contribution in [-0.2, 0) is 26.0 Å². The highest BCUT2D eigenvalue weighted by Crippen LogP contribution is 2.30. The average molecular weight is 360 g/mol. The Labute approximate surface area is 141 Å². The Balaban J connectivity index is 1.99. The van der Waals surface area contributed by atoms with Crippen molar-refractivity contribution in [1.29, 1.82) is 0 Å². The topological polar surface area (TPSA) is 115 Å². The molecule has 136 valence electrons. The van der Waals surface area contributed by atoms with Crippen molar-refractivity contribution in [3.05, 3.63) is 11.7 Å². The fraction of sp³-hybridized carbons (Fsp3) is 0.786. The van der Waals surface area contributed by atoms with Gasteiger partial charge in [0.1, 0.15) is 6.04 Å². The van der Waals surface area contributed by atoms with Gasteiger partial charge in [0, 0.05) is 33.0 Å². The lowest BCUT2D eigenvalue weighted by molar-refractivity contribution is -0.135. The lowest BCUT2D eigenvalue weighted by atomic mass is 10.0. The number of rotatable bonds is 8. The monoisotopic (exact) mass is 360 g/mol. The van der Waals surface area contributed by atoms with Gasteiger partial charge in [0.05, 0.1) is 12.9 Å². The molecule has 0 saturated carbocycles. The summed E-state index contributed by atoms with van der Waals surface area (Å²) in [5.41, 5.74) is 0. The average Bonchev–Trinajstić information content (AvgIpc) is 3.00. The van der Waals surface area contributed by atoms with E-state index in [1.54, 1.807) is 12.0 Å². The molecular weight excluding hydrogens is 336 g/mol. The number of methoxy groups -OCH3 is 1. The quantitative estimate of drug-likeness (QED) is 0.706. The molecule has 10 heteroatoms. The number of nitrogens with zero attached hydrogens (tertiary/aromatic N) is 3. The number of aromatic nitrogens is 2. The number of hydrogen-bond acceptors (Lipinski definition) is 7. The predicted molar refractivity (Wildman–Crippen MR) is 85.6 cm³/mol. The van der Waals surface area contributed by atoms with Crippen LogP contribution in [-0.4, -0.2) is 62.4 Å². The maximum atomic E-state index is 12.4. The summed E-state index contributed by atoms with van der Waals surface area (Å²) in [5, 5.41) is 3.92. The molecular formula is C14H24N4O5S. The maximum absolute atomic E-state index is 12.4. The van der Waals surface area contributed by atoms with Crippen molar-refractivity contribution in [3.8, 4) is 0 Å². The van der Waals surface area contributed by atoms with E-state index in [0.717, 1.165) is 25.5 Å². The van der Waals surface area contributed by atoms with Crippen LogP contribution in [0.15, 0.2) is 4.52 Å². The molecule has 1 saturated heterocycles. The van der Waals surface area contributed by atoms with Gasteiger partial charge in [-0.25, -0.2) is 13.1 Å². The number of nitrogens with one attached hydrogen (secondary N) is 1. The first-order valence-corrected chi connectivity index (χ1v) is 9.85. The Morgan fingerprint density at radius 3 is 2.96 bits per heavy atom. The minimum Gasteiger partial charge on any atom is -0.384 e. The normalized spacial score (nSPS) is 18.8. The summed E-state index contributed by atoms with van der Waals surface area (Å²) in [4.78, 5) is 18.5. The summed E-state index contributed by atoms with van der Waals surface area (Å²) in [6.07, 6.45) is 4.38. The summed E-state index contributed by atoms with van der Waals surface area (Å²) < 4.78 is 34.8. The Morgan fingerprint density at radius 2 is 2.25 bits per heavy atom. The van der Waals surface area contributed by atoms with Crippen molar-refractivity contribution in [1.82, 2.24) is 19.8 Å². The number of amides is 1. The second-order valence-electron chi connectivity index (χ2n) is 5.81. The third kappa shape index (κ3) is 5.53. The molecule has 1 aromatic heterocycles. The highest BCUT2D eigenvalue weighted by molar-refractivity contribution is 7.88. The third-order valence-corrected chi connectivity index (χ3v) is 4.55. The molecule has 0 bridgehead atoms. The van der Waals surface area contributed by atoms with Crippen molar-refractivity contribution >= 4 is 15.9 Å². The van der Waals surface area contributed by atoms with Crippen molar-refractivity contribution in [2.75, 3.05) is 33.1 Å². The van der Waals surface area contributed by atoms with Gasteiger partial charge in [-0.15, -0.1) is 0 Å². The van der Waals surface area contributed by atoms with Gasteiger partial charge >= 0.3 is 0 Å². The van der Waals surface area contributed by atoms with Gasteiger partial charge in [-0.1, -0.05) is 5.16 Å². The molecule has 0 radical (unpaired) electrons. The third-order valence-electron chi connectivity index (χ3n) is 3.82. The Morgan fingerprint density at radius 1 is 1.46 bits per heavy atom. The molecule has 2 heterocycles. The van der Waals surface area contributed by atoms with Gasteiger partial charge in [-0.3, -0.25) is 4.79 Å². The van der Waals surface area contributed by atoms with E-state index in [-0.39, 0.29) is 24.9 Å². The zero-order valence-corrected chi connectivity index (χ0v) is 14.8. The summed E-state index contributed by atoms with van der Waals surface area (Å²) in [5.74, 6) is 0.876. The van der Waals surface area contributed by atoms with E-state index < -0.39 is 10.0 Å². The van der Waals surface area contributed by atoms with Crippen molar-refractivity contribution < 1.29 is 22.5 Å². The summed E-state index contributed by atoms with van der Waals surface area (Å²) >= 11 is 0. The summed E-state index contributed by atoms with van der Waals surface area (Å²) in [6.45, 7) is 1.20. The molecule has 0 spiro atoms. The minimum absolute atomic E-state index is 0.0871. The van der Waals surface area contributed by atoms with Gasteiger partial charge in [0.15, 0.2) is 5.82 Å². The number of ether oxygens (including phenoxy) is 1. The number of hydrogen-bond donors (Lipinski definition) is 1. The van der Waals surface area contributed by atoms with E-state index in [0.29, 0.717) is 31.3 Å². The lowest BCUT2D eigenvalue weighted by Gasteiger charge is -2.33. The number of likely N-dealkylation sites (tertiary alicyclic amines) is 1. The van der Waals surface area contributed by atoms with Crippen LogP contribution in [0.1, 0.15) is 43.4 Å². The van der Waals surface area contributed by atoms with Crippen LogP contribution in [0.5, 0.6) is 0 Å². The largest absolute Gasteiger partial charge is 0.384 e. The highest BCUT2D eigenvalue weighted by atomic mass is 32.2. The van der Waals surface area contributed by atoms with Crippen molar-refractivity contribution in [2.24, 2.45) is 0 Å². The smallest absolute Gasteiger partial charge is 0.249 e. The van der Waals surface area contributed by atoms with E-state index in [1.807, 2.05) is 0 Å². The summed E-state index contributed by atoms with van der Waals surface area (Å²) in [6, 6.07) is -0.242. The van der Waals surface area contributed by atoms with Gasteiger partial charge in [0.2, 0.25) is 21.8 Å². The molecule has 1 unspecified atom stereocenters. The van der Waals surface area contributed by atoms with Gasteiger partial charge in [-0.2, -0.15) is 4.98 Å². The zero-order chi connectivity index (χ0) is 17.6. The first kappa shape index (κ1) is 18.8. The first-order valence-electron chi connectivity index (χ1n) is 7.96. The van der Waals surface area contributed by atoms with Crippen LogP contribution in [0.4, 0.5) is 0 Å². The van der Waals surface area contributed by atoms with Gasteiger partial charge in [0.25, 0.3) is 0 Å². The summed E-state index contributed by atoms with van der Waals surface area (Å²) in [7, 11) is -1.69. The molecule has 1 aliphatic heterocycles. The van der Waals surface area contributed by atoms with Crippen LogP contribution < -0.4 is 4.72 Å². The lowest BCUT2D eigenvalue weighted by Crippen LogP contribution is -2.40. The molecule has 1 fully saturated rings. The zero-order valence-electron chi connectivity index (χ0n) is 14.0. The molecule has 0 aliphatic carbocycles. The first-order chi connectivity index (χ1) is 11.4. The van der Waals surface area contributed by atoms with Crippen LogP contribution in [0, 0.1) is 0 Å². The molecule has 24 heavy (non-hydrogen) atoms. The molecule has 0 aromatic carbocycles. The number of carbonyl (C=O) groups excluding carboxylic acids is 1. The molecule has 1 aliphatic rings. The van der Waals surface area contributed by atoms with Gasteiger partial charge in [-0.05, 0) is 19.3 Å². The van der Waals surface area contributed by atoms with Crippen LogP contribution >= 0.6 is 0 Å².